The number of allylic oxidation sites excluding steroid dienone is 18. The molecule has 0 rings (SSSR count). The Morgan fingerprint density at radius 1 is 0.392 bits per heavy atom. The maximum atomic E-state index is 12.9. The van der Waals surface area contributed by atoms with Gasteiger partial charge in [0.1, 0.15) is 12.7 Å². The highest BCUT2D eigenvalue weighted by Crippen LogP contribution is 2.43. The van der Waals surface area contributed by atoms with Crippen LogP contribution in [0.3, 0.4) is 0 Å². The summed E-state index contributed by atoms with van der Waals surface area (Å²) in [6.07, 6.45) is 66.3. The van der Waals surface area contributed by atoms with Gasteiger partial charge in [0.25, 0.3) is 0 Å². The van der Waals surface area contributed by atoms with E-state index in [1.54, 1.807) is 0 Å². The minimum absolute atomic E-state index is 0.0942. The van der Waals surface area contributed by atoms with Crippen molar-refractivity contribution in [1.82, 2.24) is 0 Å². The van der Waals surface area contributed by atoms with Crippen LogP contribution in [0.15, 0.2) is 109 Å². The highest BCUT2D eigenvalue weighted by atomic mass is 31.2. The topological polar surface area (TPSA) is 155 Å². The van der Waals surface area contributed by atoms with Gasteiger partial charge in [-0.3, -0.25) is 23.4 Å². The van der Waals surface area contributed by atoms with Gasteiger partial charge in [-0.2, -0.15) is 0 Å². The Labute approximate surface area is 450 Å². The fourth-order valence-electron chi connectivity index (χ4n) is 7.30. The van der Waals surface area contributed by atoms with E-state index in [2.05, 4.69) is 118 Å². The lowest BCUT2D eigenvalue weighted by Gasteiger charge is -2.21. The smallest absolute Gasteiger partial charge is 0.462 e. The number of aliphatic hydroxyl groups is 1. The first-order valence-electron chi connectivity index (χ1n) is 28.8. The standard InChI is InChI=1S/C62H103O11P/c1-4-7-10-13-16-19-22-25-27-28-29-30-32-34-36-39-42-45-48-51-60(64)69-55-59(73-62(66)53-50-47-44-41-38-35-31-26-23-20-17-14-11-8-5-2)57-71-74(67,68)70-56-58(54-63)72-61(65)52-49-46-43-40-37-33-24-21-18-15-12-9-6-3/h7,10,12,15-16,19,21,24-27,29-31,34,36,42,45,58-59,63H,4-6,8-9,11,13-14,17-18,20,22-23,28,32-33,35,37-41,43-44,46-57H2,1-3H3,(H,67,68)/b10-7-,15-12-,19-16-,24-21-,27-25-,30-29-,31-26-,36-34-,45-42-. The predicted molar refractivity (Wildman–Crippen MR) is 307 cm³/mol. The zero-order valence-electron chi connectivity index (χ0n) is 46.5. The molecule has 0 aliphatic rings. The van der Waals surface area contributed by atoms with Gasteiger partial charge in [-0.05, 0) is 109 Å². The number of carbonyl (C=O) groups excluding carboxylic acids is 3. The molecular weight excluding hydrogens is 952 g/mol. The monoisotopic (exact) mass is 1050 g/mol. The quantitative estimate of drug-likeness (QED) is 0.0197. The third kappa shape index (κ3) is 53.0. The molecule has 11 nitrogen and oxygen atoms in total. The van der Waals surface area contributed by atoms with Crippen LogP contribution >= 0.6 is 7.82 Å². The molecule has 3 unspecified atom stereocenters. The molecule has 0 aromatic heterocycles. The summed E-state index contributed by atoms with van der Waals surface area (Å²) in [6.45, 7) is 4.34. The van der Waals surface area contributed by atoms with Crippen molar-refractivity contribution >= 4 is 25.7 Å². The lowest BCUT2D eigenvalue weighted by Crippen LogP contribution is -2.30. The van der Waals surface area contributed by atoms with Crippen molar-refractivity contribution in [1.29, 1.82) is 0 Å². The Morgan fingerprint density at radius 3 is 1.20 bits per heavy atom. The van der Waals surface area contributed by atoms with Gasteiger partial charge < -0.3 is 24.2 Å². The number of carbonyl (C=O) groups is 3. The lowest BCUT2D eigenvalue weighted by atomic mass is 10.1. The van der Waals surface area contributed by atoms with E-state index in [0.717, 1.165) is 128 Å². The molecule has 0 amide bonds. The molecule has 0 bridgehead atoms. The summed E-state index contributed by atoms with van der Waals surface area (Å²) in [4.78, 5) is 48.5. The molecule has 0 spiro atoms. The summed E-state index contributed by atoms with van der Waals surface area (Å²) < 4.78 is 39.4. The number of hydrogen-bond donors (Lipinski definition) is 2. The highest BCUT2D eigenvalue weighted by molar-refractivity contribution is 7.47. The van der Waals surface area contributed by atoms with Crippen molar-refractivity contribution in [2.75, 3.05) is 26.4 Å². The number of ether oxygens (including phenoxy) is 3. The Kier molecular flexibility index (Phi) is 52.5. The van der Waals surface area contributed by atoms with Gasteiger partial charge in [-0.25, -0.2) is 4.57 Å². The largest absolute Gasteiger partial charge is 0.472 e. The van der Waals surface area contributed by atoms with Crippen molar-refractivity contribution in [3.8, 4) is 0 Å². The molecule has 422 valence electrons. The first-order chi connectivity index (χ1) is 36.2. The van der Waals surface area contributed by atoms with Crippen LogP contribution in [0, 0.1) is 0 Å². The number of rotatable bonds is 52. The highest BCUT2D eigenvalue weighted by Gasteiger charge is 2.28. The van der Waals surface area contributed by atoms with Gasteiger partial charge in [0.2, 0.25) is 0 Å². The van der Waals surface area contributed by atoms with Gasteiger partial charge in [0.15, 0.2) is 6.10 Å². The first kappa shape index (κ1) is 70.1. The fraction of sp³-hybridized carbons (Fsp3) is 0.661. The average Bonchev–Trinajstić information content (AvgIpc) is 3.39. The molecule has 0 saturated heterocycles. The van der Waals surface area contributed by atoms with Crippen molar-refractivity contribution in [2.45, 2.75) is 238 Å². The third-order valence-electron chi connectivity index (χ3n) is 11.6. The molecular formula is C62H103O11P. The minimum atomic E-state index is -4.77. The van der Waals surface area contributed by atoms with Gasteiger partial charge in [0, 0.05) is 19.3 Å². The molecule has 0 heterocycles. The van der Waals surface area contributed by atoms with E-state index >= 15 is 0 Å². The molecule has 0 aliphatic heterocycles. The predicted octanol–water partition coefficient (Wildman–Crippen LogP) is 17.0. The molecule has 0 aromatic carbocycles. The Balaban J connectivity index is 4.86. The van der Waals surface area contributed by atoms with E-state index in [1.807, 2.05) is 12.2 Å². The molecule has 0 saturated carbocycles. The van der Waals surface area contributed by atoms with Gasteiger partial charge in [-0.1, -0.05) is 207 Å². The number of esters is 3. The second-order valence-corrected chi connectivity index (χ2v) is 20.2. The Morgan fingerprint density at radius 2 is 0.757 bits per heavy atom. The zero-order valence-corrected chi connectivity index (χ0v) is 47.4. The summed E-state index contributed by atoms with van der Waals surface area (Å²) in [7, 11) is -4.77. The number of phosphoric ester groups is 1. The maximum absolute atomic E-state index is 12.9. The number of phosphoric acid groups is 1. The van der Waals surface area contributed by atoms with Crippen molar-refractivity contribution < 1.29 is 52.2 Å². The number of aliphatic hydroxyl groups excluding tert-OH is 1. The summed E-state index contributed by atoms with van der Waals surface area (Å²) in [5.41, 5.74) is 0. The number of hydrogen-bond acceptors (Lipinski definition) is 10. The van der Waals surface area contributed by atoms with Gasteiger partial charge in [0.05, 0.1) is 19.8 Å². The lowest BCUT2D eigenvalue weighted by molar-refractivity contribution is -0.161. The molecule has 0 aromatic rings. The first-order valence-corrected chi connectivity index (χ1v) is 30.3. The van der Waals surface area contributed by atoms with Crippen LogP contribution in [0.25, 0.3) is 0 Å². The van der Waals surface area contributed by atoms with Crippen LogP contribution in [-0.4, -0.2) is 66.5 Å². The van der Waals surface area contributed by atoms with Crippen molar-refractivity contribution in [2.24, 2.45) is 0 Å². The molecule has 0 aliphatic carbocycles. The molecule has 0 radical (unpaired) electrons. The van der Waals surface area contributed by atoms with Crippen molar-refractivity contribution in [3.05, 3.63) is 109 Å². The van der Waals surface area contributed by atoms with Crippen LogP contribution in [0.1, 0.15) is 226 Å². The van der Waals surface area contributed by atoms with E-state index in [9.17, 15) is 28.9 Å². The summed E-state index contributed by atoms with van der Waals surface area (Å²) in [5, 5.41) is 9.80. The zero-order chi connectivity index (χ0) is 54.1. The molecule has 3 atom stereocenters. The van der Waals surface area contributed by atoms with Crippen LogP contribution in [0.2, 0.25) is 0 Å². The van der Waals surface area contributed by atoms with Crippen LogP contribution in [0.4, 0.5) is 0 Å². The van der Waals surface area contributed by atoms with Crippen LogP contribution in [0.5, 0.6) is 0 Å². The van der Waals surface area contributed by atoms with Gasteiger partial charge in [-0.15, -0.1) is 0 Å². The van der Waals surface area contributed by atoms with Gasteiger partial charge >= 0.3 is 25.7 Å². The summed E-state index contributed by atoms with van der Waals surface area (Å²) in [5.74, 6) is -1.60. The Hall–Kier alpha value is -3.86. The fourth-order valence-corrected chi connectivity index (χ4v) is 8.08. The average molecular weight is 1060 g/mol. The molecule has 12 heteroatoms. The van der Waals surface area contributed by atoms with E-state index in [-0.39, 0.29) is 25.9 Å². The molecule has 0 fully saturated rings. The SMILES string of the molecule is CC/C=C\C/C=C\C/C=C\C/C=C\C/C=C\C/C=C\CCC(=O)OCC(COP(=O)(O)OCC(CO)OC(=O)CCCCCCC/C=C\C/C=C\CCC)OC(=O)CCCCCCC/C=C\CCCCCCCC. The van der Waals surface area contributed by atoms with E-state index in [0.29, 0.717) is 19.3 Å². The van der Waals surface area contributed by atoms with Crippen LogP contribution < -0.4 is 0 Å². The van der Waals surface area contributed by atoms with E-state index in [4.69, 9.17) is 23.3 Å². The summed E-state index contributed by atoms with van der Waals surface area (Å²) >= 11 is 0. The second-order valence-electron chi connectivity index (χ2n) is 18.7. The summed E-state index contributed by atoms with van der Waals surface area (Å²) in [6, 6.07) is 0. The minimum Gasteiger partial charge on any atom is -0.462 e. The normalized spacial score (nSPS) is 14.2. The van der Waals surface area contributed by atoms with Crippen LogP contribution in [-0.2, 0) is 42.2 Å². The molecule has 74 heavy (non-hydrogen) atoms. The molecule has 2 N–H and O–H groups in total. The number of unbranched alkanes of at least 4 members (excludes halogenated alkanes) is 17. The third-order valence-corrected chi connectivity index (χ3v) is 12.6. The second kappa shape index (κ2) is 55.4. The maximum Gasteiger partial charge on any atom is 0.472 e. The van der Waals surface area contributed by atoms with E-state index in [1.165, 1.54) is 38.5 Å². The van der Waals surface area contributed by atoms with E-state index < -0.39 is 57.8 Å². The van der Waals surface area contributed by atoms with Crippen molar-refractivity contribution in [3.63, 3.8) is 0 Å². The Bertz CT molecular complexity index is 1660.